The Kier molecular flexibility index (Phi) is 2.17. The van der Waals surface area contributed by atoms with E-state index >= 15 is 0 Å². The molecule has 0 fully saturated rings. The zero-order valence-electron chi connectivity index (χ0n) is 8.93. The molecule has 7 heteroatoms. The highest BCUT2D eigenvalue weighted by Gasteiger charge is 2.39. The van der Waals surface area contributed by atoms with Crippen LogP contribution in [0.5, 0.6) is 0 Å². The zero-order chi connectivity index (χ0) is 12.3. The number of aryl methyl sites for hydroxylation is 2. The summed E-state index contributed by atoms with van der Waals surface area (Å²) in [7, 11) is -7.77. The van der Waals surface area contributed by atoms with Crippen molar-refractivity contribution in [3.05, 3.63) is 23.3 Å². The second-order valence-corrected chi connectivity index (χ2v) is 7.93. The Balaban J connectivity index is 2.36. The number of hydrogen-bond donors (Lipinski definition) is 1. The Morgan fingerprint density at radius 3 is 1.65 bits per heavy atom. The molecule has 0 atom stereocenters. The van der Waals surface area contributed by atoms with Gasteiger partial charge in [0, 0.05) is 0 Å². The third-order valence-electron chi connectivity index (χ3n) is 3.21. The highest BCUT2D eigenvalue weighted by Crippen LogP contribution is 2.33. The molecule has 5 nitrogen and oxygen atoms in total. The summed E-state index contributed by atoms with van der Waals surface area (Å²) in [5.41, 5.74) is 1.91. The van der Waals surface area contributed by atoms with E-state index in [1.165, 1.54) is 12.1 Å². The molecule has 0 amide bonds. The number of benzene rings is 1. The molecular formula is C10H11NO4S2. The van der Waals surface area contributed by atoms with Crippen molar-refractivity contribution in [1.82, 2.24) is 4.13 Å². The van der Waals surface area contributed by atoms with Gasteiger partial charge in [0.15, 0.2) is 0 Å². The van der Waals surface area contributed by atoms with E-state index in [1.54, 1.807) is 4.13 Å². The minimum absolute atomic E-state index is 0.0989. The number of sulfonamides is 2. The average Bonchev–Trinajstić information content (AvgIpc) is 2.43. The van der Waals surface area contributed by atoms with Crippen molar-refractivity contribution in [2.24, 2.45) is 0 Å². The normalized spacial score (nSPS) is 24.0. The Morgan fingerprint density at radius 2 is 1.24 bits per heavy atom. The lowest BCUT2D eigenvalue weighted by molar-refractivity contribution is 0.586. The molecule has 2 aliphatic rings. The molecule has 1 aromatic carbocycles. The van der Waals surface area contributed by atoms with Gasteiger partial charge in [-0.15, -0.1) is 4.13 Å². The number of nitrogens with one attached hydrogen (secondary N) is 1. The van der Waals surface area contributed by atoms with E-state index in [0.717, 1.165) is 36.8 Å². The predicted molar refractivity (Wildman–Crippen MR) is 60.6 cm³/mol. The Labute approximate surface area is 100.0 Å². The minimum Gasteiger partial charge on any atom is -0.206 e. The molecule has 1 heterocycles. The highest BCUT2D eigenvalue weighted by atomic mass is 32.3. The molecule has 0 saturated heterocycles. The zero-order valence-corrected chi connectivity index (χ0v) is 10.6. The maximum absolute atomic E-state index is 11.7. The van der Waals surface area contributed by atoms with Crippen LogP contribution < -0.4 is 4.13 Å². The quantitative estimate of drug-likeness (QED) is 0.748. The molecule has 1 aromatic rings. The van der Waals surface area contributed by atoms with Crippen molar-refractivity contribution in [2.45, 2.75) is 35.5 Å². The van der Waals surface area contributed by atoms with Crippen LogP contribution in [0.15, 0.2) is 21.9 Å². The molecular weight excluding hydrogens is 262 g/mol. The van der Waals surface area contributed by atoms with Gasteiger partial charge in [-0.1, -0.05) is 0 Å². The maximum atomic E-state index is 11.7. The number of hydrogen-bond acceptors (Lipinski definition) is 4. The van der Waals surface area contributed by atoms with E-state index < -0.39 is 20.0 Å². The van der Waals surface area contributed by atoms with Crippen LogP contribution in [-0.2, 0) is 32.9 Å². The summed E-state index contributed by atoms with van der Waals surface area (Å²) in [6.07, 6.45) is 3.67. The fourth-order valence-electron chi connectivity index (χ4n) is 2.39. The summed E-state index contributed by atoms with van der Waals surface area (Å²) in [5.74, 6) is 0. The van der Waals surface area contributed by atoms with Crippen molar-refractivity contribution < 1.29 is 16.8 Å². The summed E-state index contributed by atoms with van der Waals surface area (Å²) < 4.78 is 48.4. The first kappa shape index (κ1) is 11.2. The van der Waals surface area contributed by atoms with Gasteiger partial charge in [0.2, 0.25) is 0 Å². The lowest BCUT2D eigenvalue weighted by atomic mass is 9.92. The van der Waals surface area contributed by atoms with Gasteiger partial charge in [0.1, 0.15) is 9.79 Å². The van der Waals surface area contributed by atoms with Gasteiger partial charge in [-0.25, -0.2) is 16.8 Å². The van der Waals surface area contributed by atoms with E-state index in [0.29, 0.717) is 0 Å². The third kappa shape index (κ3) is 1.61. The molecule has 0 radical (unpaired) electrons. The standard InChI is InChI=1S/C10H11NO4S2/c12-16(13)9-5-7-3-1-2-4-8(7)6-10(9)17(14,15)11-16/h5-6,11H,1-4H2. The van der Waals surface area contributed by atoms with Gasteiger partial charge in [0.05, 0.1) is 0 Å². The number of rotatable bonds is 0. The molecule has 0 aromatic heterocycles. The van der Waals surface area contributed by atoms with Gasteiger partial charge in [0.25, 0.3) is 20.0 Å². The first-order chi connectivity index (χ1) is 7.90. The summed E-state index contributed by atoms with van der Waals surface area (Å²) in [6, 6.07) is 3.02. The molecule has 0 bridgehead atoms. The molecule has 0 spiro atoms. The smallest absolute Gasteiger partial charge is 0.206 e. The average molecular weight is 273 g/mol. The third-order valence-corrected chi connectivity index (χ3v) is 6.92. The Bertz CT molecular complexity index is 643. The predicted octanol–water partition coefficient (Wildman–Crippen LogP) is 0.546. The van der Waals surface area contributed by atoms with Crippen molar-refractivity contribution in [1.29, 1.82) is 0 Å². The van der Waals surface area contributed by atoms with Gasteiger partial charge in [-0.2, -0.15) is 0 Å². The second-order valence-electron chi connectivity index (χ2n) is 4.36. The topological polar surface area (TPSA) is 80.3 Å². The van der Waals surface area contributed by atoms with Gasteiger partial charge < -0.3 is 0 Å². The fourth-order valence-corrected chi connectivity index (χ4v) is 6.17. The van der Waals surface area contributed by atoms with Crippen LogP contribution in [0.1, 0.15) is 24.0 Å². The first-order valence-electron chi connectivity index (χ1n) is 5.34. The monoisotopic (exact) mass is 273 g/mol. The molecule has 0 saturated carbocycles. The van der Waals surface area contributed by atoms with Gasteiger partial charge in [-0.05, 0) is 48.9 Å². The van der Waals surface area contributed by atoms with Crippen molar-refractivity contribution >= 4 is 20.0 Å². The van der Waals surface area contributed by atoms with Crippen LogP contribution >= 0.6 is 0 Å². The minimum atomic E-state index is -3.88. The SMILES string of the molecule is O=S1(=O)NS(=O)(=O)c2cc3c(cc21)CCCC3. The molecule has 17 heavy (non-hydrogen) atoms. The van der Waals surface area contributed by atoms with Crippen LogP contribution in [-0.4, -0.2) is 16.8 Å². The van der Waals surface area contributed by atoms with Crippen LogP contribution in [0, 0.1) is 0 Å². The van der Waals surface area contributed by atoms with Crippen LogP contribution in [0.2, 0.25) is 0 Å². The first-order valence-corrected chi connectivity index (χ1v) is 8.31. The summed E-state index contributed by atoms with van der Waals surface area (Å²) in [6.45, 7) is 0. The molecule has 1 N–H and O–H groups in total. The van der Waals surface area contributed by atoms with Crippen LogP contribution in [0.4, 0.5) is 0 Å². The van der Waals surface area contributed by atoms with Crippen LogP contribution in [0.3, 0.4) is 0 Å². The summed E-state index contributed by atoms with van der Waals surface area (Å²) >= 11 is 0. The van der Waals surface area contributed by atoms with Crippen LogP contribution in [0.25, 0.3) is 0 Å². The molecule has 92 valence electrons. The Morgan fingerprint density at radius 1 is 0.824 bits per heavy atom. The fraction of sp³-hybridized carbons (Fsp3) is 0.400. The molecule has 1 aliphatic heterocycles. The van der Waals surface area contributed by atoms with Crippen molar-refractivity contribution in [2.75, 3.05) is 0 Å². The van der Waals surface area contributed by atoms with E-state index in [-0.39, 0.29) is 9.79 Å². The van der Waals surface area contributed by atoms with E-state index in [2.05, 4.69) is 0 Å². The lowest BCUT2D eigenvalue weighted by Gasteiger charge is -2.15. The largest absolute Gasteiger partial charge is 0.255 e. The van der Waals surface area contributed by atoms with E-state index in [9.17, 15) is 16.8 Å². The maximum Gasteiger partial charge on any atom is 0.255 e. The molecule has 1 aliphatic carbocycles. The van der Waals surface area contributed by atoms with Crippen molar-refractivity contribution in [3.8, 4) is 0 Å². The summed E-state index contributed by atoms with van der Waals surface area (Å²) in [4.78, 5) is -0.198. The number of fused-ring (bicyclic) bond motifs is 2. The Hall–Kier alpha value is -0.920. The van der Waals surface area contributed by atoms with Gasteiger partial charge >= 0.3 is 0 Å². The molecule has 0 unspecified atom stereocenters. The van der Waals surface area contributed by atoms with E-state index in [4.69, 9.17) is 0 Å². The van der Waals surface area contributed by atoms with E-state index in [1.807, 2.05) is 0 Å². The highest BCUT2D eigenvalue weighted by molar-refractivity contribution is 8.07. The second kappa shape index (κ2) is 3.30. The lowest BCUT2D eigenvalue weighted by Crippen LogP contribution is -2.21. The van der Waals surface area contributed by atoms with Crippen molar-refractivity contribution in [3.63, 3.8) is 0 Å². The van der Waals surface area contributed by atoms with Gasteiger partial charge in [-0.3, -0.25) is 0 Å². The summed E-state index contributed by atoms with van der Waals surface area (Å²) in [5, 5.41) is 0. The molecule has 3 rings (SSSR count).